The lowest BCUT2D eigenvalue weighted by Crippen LogP contribution is -2.38. The summed E-state index contributed by atoms with van der Waals surface area (Å²) in [5.74, 6) is 0. The molecule has 0 atom stereocenters. The molecule has 13 heavy (non-hydrogen) atoms. The lowest BCUT2D eigenvalue weighted by atomic mass is 10.0. The van der Waals surface area contributed by atoms with Gasteiger partial charge in [0.15, 0.2) is 0 Å². The minimum absolute atomic E-state index is 0.898. The second-order valence-corrected chi connectivity index (χ2v) is 4.38. The van der Waals surface area contributed by atoms with Crippen molar-refractivity contribution in [2.75, 3.05) is 13.1 Å². The van der Waals surface area contributed by atoms with Gasteiger partial charge in [-0.3, -0.25) is 0 Å². The lowest BCUT2D eigenvalue weighted by Gasteiger charge is -2.34. The largest absolute Gasteiger partial charge is 0.300 e. The highest BCUT2D eigenvalue weighted by Crippen LogP contribution is 2.21. The highest BCUT2D eigenvalue weighted by molar-refractivity contribution is 4.90. The third-order valence-electron chi connectivity index (χ3n) is 3.41. The summed E-state index contributed by atoms with van der Waals surface area (Å²) in [6.45, 7) is 2.73. The Kier molecular flexibility index (Phi) is 3.42. The van der Waals surface area contributed by atoms with Crippen molar-refractivity contribution in [1.29, 1.82) is 0 Å². The summed E-state index contributed by atoms with van der Waals surface area (Å²) in [5, 5.41) is 0. The maximum Gasteiger partial charge on any atom is 0.0101 e. The zero-order valence-corrected chi connectivity index (χ0v) is 8.54. The van der Waals surface area contributed by atoms with Crippen molar-refractivity contribution in [2.24, 2.45) is 0 Å². The fourth-order valence-electron chi connectivity index (χ4n) is 2.61. The van der Waals surface area contributed by atoms with E-state index < -0.39 is 0 Å². The van der Waals surface area contributed by atoms with Gasteiger partial charge in [-0.1, -0.05) is 18.6 Å². The third-order valence-corrected chi connectivity index (χ3v) is 3.41. The van der Waals surface area contributed by atoms with E-state index in [-0.39, 0.29) is 0 Å². The summed E-state index contributed by atoms with van der Waals surface area (Å²) in [6, 6.07) is 0.898. The Balaban J connectivity index is 1.83. The Morgan fingerprint density at radius 2 is 1.46 bits per heavy atom. The molecule has 1 heteroatoms. The van der Waals surface area contributed by atoms with Gasteiger partial charge in [0.2, 0.25) is 0 Å². The summed E-state index contributed by atoms with van der Waals surface area (Å²) in [4.78, 5) is 2.73. The number of hydrogen-bond donors (Lipinski definition) is 0. The molecule has 0 N–H and O–H groups in total. The first-order chi connectivity index (χ1) is 6.47. The Bertz CT molecular complexity index is 158. The van der Waals surface area contributed by atoms with E-state index in [0.717, 1.165) is 6.04 Å². The minimum atomic E-state index is 0.898. The van der Waals surface area contributed by atoms with Crippen LogP contribution in [0, 0.1) is 0 Å². The van der Waals surface area contributed by atoms with Crippen LogP contribution in [0.2, 0.25) is 0 Å². The Morgan fingerprint density at radius 3 is 2.08 bits per heavy atom. The van der Waals surface area contributed by atoms with Gasteiger partial charge in [0.1, 0.15) is 0 Å². The van der Waals surface area contributed by atoms with Crippen molar-refractivity contribution >= 4 is 0 Å². The molecule has 0 radical (unpaired) electrons. The van der Waals surface area contributed by atoms with Crippen LogP contribution in [-0.4, -0.2) is 24.0 Å². The molecule has 1 nitrogen and oxygen atoms in total. The number of allylic oxidation sites excluding steroid dienone is 2. The number of rotatable bonds is 1. The molecule has 1 aliphatic heterocycles. The summed E-state index contributed by atoms with van der Waals surface area (Å²) in [5.41, 5.74) is 0. The second kappa shape index (κ2) is 4.80. The predicted octanol–water partition coefficient (Wildman–Crippen LogP) is 2.97. The summed E-state index contributed by atoms with van der Waals surface area (Å²) in [6.07, 6.45) is 14.5. The first-order valence-electron chi connectivity index (χ1n) is 5.86. The normalized spacial score (nSPS) is 27.4. The molecular weight excluding hydrogens is 158 g/mol. The van der Waals surface area contributed by atoms with E-state index in [4.69, 9.17) is 0 Å². The maximum atomic E-state index is 2.73. The fraction of sp³-hybridized carbons (Fsp3) is 0.833. The van der Waals surface area contributed by atoms with Crippen molar-refractivity contribution in [3.05, 3.63) is 12.2 Å². The molecule has 74 valence electrons. The van der Waals surface area contributed by atoms with E-state index in [0.29, 0.717) is 0 Å². The highest BCUT2D eigenvalue weighted by Gasteiger charge is 2.19. The van der Waals surface area contributed by atoms with Gasteiger partial charge < -0.3 is 4.90 Å². The van der Waals surface area contributed by atoms with Gasteiger partial charge in [0.25, 0.3) is 0 Å². The van der Waals surface area contributed by atoms with Gasteiger partial charge in [-0.25, -0.2) is 0 Å². The first-order valence-corrected chi connectivity index (χ1v) is 5.86. The van der Waals surface area contributed by atoms with E-state index in [2.05, 4.69) is 17.1 Å². The Hall–Kier alpha value is -0.300. The predicted molar refractivity (Wildman–Crippen MR) is 56.8 cm³/mol. The van der Waals surface area contributed by atoms with Gasteiger partial charge in [-0.2, -0.15) is 0 Å². The second-order valence-electron chi connectivity index (χ2n) is 4.38. The summed E-state index contributed by atoms with van der Waals surface area (Å²) in [7, 11) is 0. The highest BCUT2D eigenvalue weighted by atomic mass is 15.2. The molecule has 0 aromatic heterocycles. The maximum absolute atomic E-state index is 2.73. The van der Waals surface area contributed by atoms with Crippen LogP contribution in [0.25, 0.3) is 0 Å². The Morgan fingerprint density at radius 1 is 0.846 bits per heavy atom. The van der Waals surface area contributed by atoms with Gasteiger partial charge >= 0.3 is 0 Å². The van der Waals surface area contributed by atoms with Crippen LogP contribution in [0.3, 0.4) is 0 Å². The quantitative estimate of drug-likeness (QED) is 0.559. The summed E-state index contributed by atoms with van der Waals surface area (Å²) >= 11 is 0. The van der Waals surface area contributed by atoms with Crippen LogP contribution in [0.5, 0.6) is 0 Å². The molecule has 1 aliphatic carbocycles. The number of hydrogen-bond acceptors (Lipinski definition) is 1. The molecule has 0 bridgehead atoms. The molecule has 0 saturated carbocycles. The molecule has 0 amide bonds. The van der Waals surface area contributed by atoms with Crippen LogP contribution >= 0.6 is 0 Å². The van der Waals surface area contributed by atoms with E-state index in [1.165, 1.54) is 58.0 Å². The number of nitrogens with zero attached hydrogens (tertiary/aromatic N) is 1. The van der Waals surface area contributed by atoms with Crippen LogP contribution in [0.15, 0.2) is 12.2 Å². The van der Waals surface area contributed by atoms with Crippen molar-refractivity contribution < 1.29 is 0 Å². The van der Waals surface area contributed by atoms with Crippen molar-refractivity contribution in [1.82, 2.24) is 4.90 Å². The van der Waals surface area contributed by atoms with Crippen LogP contribution in [-0.2, 0) is 0 Å². The van der Waals surface area contributed by atoms with E-state index in [9.17, 15) is 0 Å². The molecule has 2 rings (SSSR count). The molecule has 1 heterocycles. The molecule has 0 spiro atoms. The van der Waals surface area contributed by atoms with Gasteiger partial charge in [-0.05, 0) is 51.6 Å². The van der Waals surface area contributed by atoms with Gasteiger partial charge in [-0.15, -0.1) is 0 Å². The number of likely N-dealkylation sites (tertiary alicyclic amines) is 1. The van der Waals surface area contributed by atoms with Crippen molar-refractivity contribution in [2.45, 2.75) is 51.0 Å². The van der Waals surface area contributed by atoms with E-state index in [1.807, 2.05) is 0 Å². The lowest BCUT2D eigenvalue weighted by molar-refractivity contribution is 0.150. The van der Waals surface area contributed by atoms with Crippen LogP contribution < -0.4 is 0 Å². The molecule has 0 aromatic carbocycles. The molecule has 0 unspecified atom stereocenters. The average Bonchev–Trinajstić information content (AvgIpc) is 2.47. The fourth-order valence-corrected chi connectivity index (χ4v) is 2.61. The molecule has 1 fully saturated rings. The standard InChI is InChI=1S/C12H21N/c1-2-5-9-12(8-4-1)13-10-6-3-7-11-13/h1-2,12H,3-11H2. The number of piperidine rings is 1. The molecular formula is C12H21N. The van der Waals surface area contributed by atoms with Crippen molar-refractivity contribution in [3.63, 3.8) is 0 Å². The van der Waals surface area contributed by atoms with E-state index >= 15 is 0 Å². The zero-order chi connectivity index (χ0) is 8.93. The monoisotopic (exact) mass is 179 g/mol. The smallest absolute Gasteiger partial charge is 0.0101 e. The van der Waals surface area contributed by atoms with Crippen LogP contribution in [0.4, 0.5) is 0 Å². The van der Waals surface area contributed by atoms with Gasteiger partial charge in [0.05, 0.1) is 0 Å². The van der Waals surface area contributed by atoms with Crippen LogP contribution in [0.1, 0.15) is 44.9 Å². The molecule has 0 aromatic rings. The topological polar surface area (TPSA) is 3.24 Å². The summed E-state index contributed by atoms with van der Waals surface area (Å²) < 4.78 is 0. The Labute approximate surface area is 81.8 Å². The molecule has 1 saturated heterocycles. The zero-order valence-electron chi connectivity index (χ0n) is 8.54. The van der Waals surface area contributed by atoms with Gasteiger partial charge in [0, 0.05) is 6.04 Å². The van der Waals surface area contributed by atoms with E-state index in [1.54, 1.807) is 0 Å². The SMILES string of the molecule is C1=CCCC(N2CCCCC2)CC1. The van der Waals surface area contributed by atoms with Crippen molar-refractivity contribution in [3.8, 4) is 0 Å². The first kappa shape index (κ1) is 9.26. The third kappa shape index (κ3) is 2.57. The minimum Gasteiger partial charge on any atom is -0.300 e. The average molecular weight is 179 g/mol. The molecule has 2 aliphatic rings.